The number of hydrazine groups is 1. The predicted octanol–water partition coefficient (Wildman–Crippen LogP) is 3.31. The van der Waals surface area contributed by atoms with Gasteiger partial charge in [-0.05, 0) is 37.6 Å². The molecule has 1 unspecified atom stereocenters. The monoisotopic (exact) mass is 456 g/mol. The van der Waals surface area contributed by atoms with Gasteiger partial charge in [-0.1, -0.05) is 38.6 Å². The maximum atomic E-state index is 12.3. The Hall–Kier alpha value is -2.82. The number of aliphatic imine (C=N–C) groups is 1. The average molecular weight is 457 g/mol. The maximum absolute atomic E-state index is 12.3. The first-order valence-corrected chi connectivity index (χ1v) is 10.2. The molecule has 0 aromatic heterocycles. The van der Waals surface area contributed by atoms with Crippen LogP contribution in [0.4, 0.5) is 13.2 Å². The minimum absolute atomic E-state index is 0.178. The number of nitrogens with one attached hydrogen (secondary N) is 2. The van der Waals surface area contributed by atoms with E-state index in [1.807, 2.05) is 20.8 Å². The molecule has 1 atom stereocenters. The Balaban J connectivity index is 0.000000578. The largest absolute Gasteiger partial charge is 0.416 e. The molecule has 1 fully saturated rings. The summed E-state index contributed by atoms with van der Waals surface area (Å²) in [6.45, 7) is 11.4. The van der Waals surface area contributed by atoms with E-state index in [0.29, 0.717) is 12.3 Å². The van der Waals surface area contributed by atoms with E-state index in [9.17, 15) is 13.2 Å². The average Bonchev–Trinajstić information content (AvgIpc) is 3.28. The predicted molar refractivity (Wildman–Crippen MR) is 124 cm³/mol. The van der Waals surface area contributed by atoms with Crippen molar-refractivity contribution in [2.75, 3.05) is 13.1 Å². The molecule has 7 nitrogen and oxygen atoms in total. The third-order valence-corrected chi connectivity index (χ3v) is 4.03. The second kappa shape index (κ2) is 15.9. The van der Waals surface area contributed by atoms with E-state index in [1.165, 1.54) is 24.5 Å². The van der Waals surface area contributed by atoms with E-state index in [4.69, 9.17) is 22.0 Å². The molecule has 32 heavy (non-hydrogen) atoms. The normalized spacial score (nSPS) is 16.7. The number of hydrogen-bond donors (Lipinski definition) is 5. The highest BCUT2D eigenvalue weighted by molar-refractivity contribution is 5.84. The van der Waals surface area contributed by atoms with Gasteiger partial charge in [0.15, 0.2) is 0 Å². The number of hydrogen-bond acceptors (Lipinski definition) is 7. The van der Waals surface area contributed by atoms with Crippen molar-refractivity contribution >= 4 is 6.21 Å². The minimum Gasteiger partial charge on any atom is -0.397 e. The second-order valence-corrected chi connectivity index (χ2v) is 6.38. The number of rotatable bonds is 7. The van der Waals surface area contributed by atoms with Crippen molar-refractivity contribution < 1.29 is 17.9 Å². The molecule has 1 aromatic rings. The van der Waals surface area contributed by atoms with Crippen molar-refractivity contribution in [1.82, 2.24) is 10.7 Å². The second-order valence-electron chi connectivity index (χ2n) is 6.38. The fourth-order valence-electron chi connectivity index (χ4n) is 2.42. The molecule has 0 amide bonds. The Kier molecular flexibility index (Phi) is 14.5. The molecule has 1 aliphatic rings. The lowest BCUT2D eigenvalue weighted by atomic mass is 10.1. The van der Waals surface area contributed by atoms with Crippen molar-refractivity contribution in [1.29, 1.82) is 0 Å². The van der Waals surface area contributed by atoms with Crippen LogP contribution in [-0.2, 0) is 17.5 Å². The van der Waals surface area contributed by atoms with E-state index >= 15 is 0 Å². The number of halogens is 3. The molecule has 1 saturated heterocycles. The SMILES string of the molecule is C=C(N)\N=C/C(=C\C)C(/N)=C/NN.CC.FC(F)(F)c1ccc(COC2CCNC2)cc1. The van der Waals surface area contributed by atoms with E-state index in [1.54, 1.807) is 6.08 Å². The van der Waals surface area contributed by atoms with E-state index < -0.39 is 11.7 Å². The van der Waals surface area contributed by atoms with Gasteiger partial charge >= 0.3 is 6.18 Å². The lowest BCUT2D eigenvalue weighted by molar-refractivity contribution is -0.137. The molecule has 180 valence electrons. The van der Waals surface area contributed by atoms with E-state index in [2.05, 4.69) is 22.3 Å². The molecule has 1 aromatic carbocycles. The van der Waals surface area contributed by atoms with Crippen LogP contribution in [0.3, 0.4) is 0 Å². The van der Waals surface area contributed by atoms with Gasteiger partial charge in [-0.15, -0.1) is 0 Å². The number of nitrogens with zero attached hydrogens (tertiary/aromatic N) is 1. The lowest BCUT2D eigenvalue weighted by Gasteiger charge is -2.11. The molecule has 0 bridgehead atoms. The van der Waals surface area contributed by atoms with Crippen LogP contribution in [-0.4, -0.2) is 25.4 Å². The molecule has 0 saturated carbocycles. The highest BCUT2D eigenvalue weighted by atomic mass is 19.4. The molecule has 10 heteroatoms. The van der Waals surface area contributed by atoms with Gasteiger partial charge in [0.1, 0.15) is 5.82 Å². The zero-order chi connectivity index (χ0) is 24.6. The molecular formula is C22H35F3N6O. The van der Waals surface area contributed by atoms with E-state index in [-0.39, 0.29) is 11.9 Å². The fraction of sp³-hybridized carbons (Fsp3) is 0.409. The summed E-state index contributed by atoms with van der Waals surface area (Å²) in [6.07, 6.45) is 1.63. The van der Waals surface area contributed by atoms with Crippen LogP contribution in [0.25, 0.3) is 0 Å². The zero-order valence-corrected chi connectivity index (χ0v) is 18.9. The summed E-state index contributed by atoms with van der Waals surface area (Å²) in [5.41, 5.74) is 14.5. The van der Waals surface area contributed by atoms with Gasteiger partial charge in [0, 0.05) is 24.5 Å². The number of nitrogens with two attached hydrogens (primary N) is 3. The summed E-state index contributed by atoms with van der Waals surface area (Å²) >= 11 is 0. The lowest BCUT2D eigenvalue weighted by Crippen LogP contribution is -2.17. The number of benzene rings is 1. The van der Waals surface area contributed by atoms with E-state index in [0.717, 1.165) is 42.8 Å². The maximum Gasteiger partial charge on any atom is 0.416 e. The van der Waals surface area contributed by atoms with Crippen LogP contribution in [0.2, 0.25) is 0 Å². The third-order valence-electron chi connectivity index (χ3n) is 4.03. The molecule has 1 aliphatic heterocycles. The highest BCUT2D eigenvalue weighted by Gasteiger charge is 2.29. The van der Waals surface area contributed by atoms with Gasteiger partial charge in [-0.3, -0.25) is 5.84 Å². The quantitative estimate of drug-likeness (QED) is 0.186. The number of allylic oxidation sites excluding steroid dienone is 2. The summed E-state index contributed by atoms with van der Waals surface area (Å²) in [5, 5.41) is 3.16. The summed E-state index contributed by atoms with van der Waals surface area (Å²) in [5.74, 6) is 5.29. The van der Waals surface area contributed by atoms with Crippen molar-refractivity contribution in [2.24, 2.45) is 22.3 Å². The van der Waals surface area contributed by atoms with Gasteiger partial charge < -0.3 is 26.9 Å². The van der Waals surface area contributed by atoms with Crippen molar-refractivity contribution in [3.8, 4) is 0 Å². The van der Waals surface area contributed by atoms with Gasteiger partial charge in [0.2, 0.25) is 0 Å². The minimum atomic E-state index is -4.27. The molecule has 2 rings (SSSR count). The summed E-state index contributed by atoms with van der Waals surface area (Å²) in [4.78, 5) is 3.80. The smallest absolute Gasteiger partial charge is 0.397 e. The van der Waals surface area contributed by atoms with Gasteiger partial charge in [-0.2, -0.15) is 13.2 Å². The van der Waals surface area contributed by atoms with Crippen molar-refractivity contribution in [2.45, 2.75) is 46.1 Å². The standard InChI is InChI=1S/C12H14F3NO.C8H15N5.C2H6/c13-12(14,15)10-3-1-9(2-4-10)8-17-11-5-6-16-7-11;1-3-7(4-12-6(2)9)8(10)5-13-11;1-2/h1-4,11,16H,5-8H2;3-5,13H,2,9-11H2,1H3;1-2H3/b;7-3+,8-5-,12-4-;. The van der Waals surface area contributed by atoms with Crippen molar-refractivity contribution in [3.05, 3.63) is 71.3 Å². The first-order valence-electron chi connectivity index (χ1n) is 10.2. The molecule has 0 radical (unpaired) electrons. The highest BCUT2D eigenvalue weighted by Crippen LogP contribution is 2.29. The summed E-state index contributed by atoms with van der Waals surface area (Å²) in [7, 11) is 0. The van der Waals surface area contributed by atoms with Crippen LogP contribution in [0, 0.1) is 0 Å². The fourth-order valence-corrected chi connectivity index (χ4v) is 2.42. The van der Waals surface area contributed by atoms with Crippen LogP contribution in [0.5, 0.6) is 0 Å². The zero-order valence-electron chi connectivity index (χ0n) is 18.9. The Labute approximate surface area is 188 Å². The molecule has 0 spiro atoms. The summed E-state index contributed by atoms with van der Waals surface area (Å²) in [6, 6.07) is 5.10. The molecule has 8 N–H and O–H groups in total. The molecular weight excluding hydrogens is 421 g/mol. The van der Waals surface area contributed by atoms with Gasteiger partial charge in [-0.25, -0.2) is 4.99 Å². The Morgan fingerprint density at radius 2 is 1.91 bits per heavy atom. The van der Waals surface area contributed by atoms with Gasteiger partial charge in [0.25, 0.3) is 0 Å². The number of alkyl halides is 3. The van der Waals surface area contributed by atoms with Crippen LogP contribution in [0.1, 0.15) is 38.3 Å². The Morgan fingerprint density at radius 3 is 2.34 bits per heavy atom. The van der Waals surface area contributed by atoms with Gasteiger partial charge in [0.05, 0.1) is 24.0 Å². The van der Waals surface area contributed by atoms with Crippen molar-refractivity contribution in [3.63, 3.8) is 0 Å². The first-order chi connectivity index (χ1) is 15.2. The first kappa shape index (κ1) is 29.2. The summed E-state index contributed by atoms with van der Waals surface area (Å²) < 4.78 is 42.5. The van der Waals surface area contributed by atoms with Crippen LogP contribution >= 0.6 is 0 Å². The third kappa shape index (κ3) is 12.1. The Bertz CT molecular complexity index is 752. The molecule has 1 heterocycles. The number of ether oxygens (including phenoxy) is 1. The Morgan fingerprint density at radius 1 is 1.28 bits per heavy atom. The van der Waals surface area contributed by atoms with Crippen LogP contribution < -0.4 is 28.1 Å². The van der Waals surface area contributed by atoms with Crippen LogP contribution in [0.15, 0.2) is 65.2 Å². The molecule has 0 aliphatic carbocycles. The topological polar surface area (TPSA) is 124 Å².